The Hall–Kier alpha value is -3.52. The average Bonchev–Trinajstić information content (AvgIpc) is 3.29. The summed E-state index contributed by atoms with van der Waals surface area (Å²) in [6.45, 7) is 6.80. The van der Waals surface area contributed by atoms with Gasteiger partial charge < -0.3 is 8.98 Å². The van der Waals surface area contributed by atoms with E-state index in [2.05, 4.69) is 98.1 Å². The van der Waals surface area contributed by atoms with E-state index in [1.165, 1.54) is 38.1 Å². The van der Waals surface area contributed by atoms with E-state index in [0.717, 1.165) is 16.7 Å². The van der Waals surface area contributed by atoms with Gasteiger partial charge in [-0.25, -0.2) is 0 Å². The normalized spacial score (nSPS) is 12.5. The van der Waals surface area contributed by atoms with Crippen LogP contribution < -0.4 is 0 Å². The molecule has 0 aliphatic heterocycles. The summed E-state index contributed by atoms with van der Waals surface area (Å²) in [4.78, 5) is 0. The predicted molar refractivity (Wildman–Crippen MR) is 127 cm³/mol. The molecular weight excluding hydrogens is 366 g/mol. The van der Waals surface area contributed by atoms with Crippen molar-refractivity contribution in [2.75, 3.05) is 0 Å². The highest BCUT2D eigenvalue weighted by Gasteiger charge is 2.21. The summed E-state index contributed by atoms with van der Waals surface area (Å²) in [5.74, 6) is 0. The number of aromatic nitrogens is 1. The van der Waals surface area contributed by atoms with Crippen molar-refractivity contribution in [3.8, 4) is 11.1 Å². The molecule has 6 aromatic rings. The summed E-state index contributed by atoms with van der Waals surface area (Å²) in [5, 5.41) is 4.91. The Labute approximate surface area is 175 Å². The molecule has 0 fully saturated rings. The van der Waals surface area contributed by atoms with Gasteiger partial charge in [-0.2, -0.15) is 0 Å². The molecule has 30 heavy (non-hydrogen) atoms. The van der Waals surface area contributed by atoms with Crippen LogP contribution in [0.2, 0.25) is 0 Å². The van der Waals surface area contributed by atoms with Gasteiger partial charge in [-0.15, -0.1) is 0 Å². The van der Waals surface area contributed by atoms with E-state index < -0.39 is 0 Å². The molecule has 2 heteroatoms. The van der Waals surface area contributed by atoms with Gasteiger partial charge in [0.25, 0.3) is 0 Å². The molecule has 0 spiro atoms. The second kappa shape index (κ2) is 5.99. The Morgan fingerprint density at radius 1 is 0.633 bits per heavy atom. The van der Waals surface area contributed by atoms with Crippen molar-refractivity contribution in [2.24, 2.45) is 0 Å². The minimum Gasteiger partial charge on any atom is -0.455 e. The zero-order valence-electron chi connectivity index (χ0n) is 17.4. The molecule has 0 aliphatic rings. The number of hydrogen-bond donors (Lipinski definition) is 0. The van der Waals surface area contributed by atoms with Crippen LogP contribution in [0.3, 0.4) is 0 Å². The van der Waals surface area contributed by atoms with Crippen LogP contribution in [0.25, 0.3) is 54.9 Å². The zero-order valence-corrected chi connectivity index (χ0v) is 17.4. The molecule has 0 atom stereocenters. The number of para-hydroxylation sites is 3. The quantitative estimate of drug-likeness (QED) is 0.278. The molecule has 2 heterocycles. The Balaban J connectivity index is 1.68. The third kappa shape index (κ3) is 2.37. The molecule has 0 radical (unpaired) electrons. The highest BCUT2D eigenvalue weighted by Crippen LogP contribution is 2.39. The maximum absolute atomic E-state index is 6.29. The first-order valence-corrected chi connectivity index (χ1v) is 10.5. The van der Waals surface area contributed by atoms with Crippen LogP contribution in [0.5, 0.6) is 0 Å². The lowest BCUT2D eigenvalue weighted by molar-refractivity contribution is 0.423. The molecule has 146 valence electrons. The predicted octanol–water partition coefficient (Wildman–Crippen LogP) is 8.12. The summed E-state index contributed by atoms with van der Waals surface area (Å²) in [6, 6.07) is 30.2. The van der Waals surface area contributed by atoms with Crippen LogP contribution in [-0.2, 0) is 5.54 Å². The van der Waals surface area contributed by atoms with Crippen molar-refractivity contribution < 1.29 is 4.42 Å². The molecule has 0 N–H and O–H groups in total. The smallest absolute Gasteiger partial charge is 0.143 e. The van der Waals surface area contributed by atoms with Crippen LogP contribution >= 0.6 is 0 Å². The molecule has 0 saturated heterocycles. The summed E-state index contributed by atoms with van der Waals surface area (Å²) in [5.41, 5.74) is 6.76. The Morgan fingerprint density at radius 3 is 2.17 bits per heavy atom. The largest absolute Gasteiger partial charge is 0.455 e. The third-order valence-electron chi connectivity index (χ3n) is 6.06. The van der Waals surface area contributed by atoms with Crippen LogP contribution in [0.1, 0.15) is 20.8 Å². The lowest BCUT2D eigenvalue weighted by Gasteiger charge is -2.24. The van der Waals surface area contributed by atoms with Gasteiger partial charge in [0.2, 0.25) is 0 Å². The Morgan fingerprint density at radius 2 is 1.33 bits per heavy atom. The van der Waals surface area contributed by atoms with E-state index in [-0.39, 0.29) is 5.54 Å². The number of fused-ring (bicyclic) bond motifs is 6. The number of nitrogens with zero attached hydrogens (tertiary/aromatic N) is 1. The molecule has 0 aliphatic carbocycles. The van der Waals surface area contributed by atoms with Gasteiger partial charge in [-0.05, 0) is 50.6 Å². The molecule has 0 saturated carbocycles. The van der Waals surface area contributed by atoms with Crippen molar-refractivity contribution in [3.05, 3.63) is 84.9 Å². The molecule has 2 aromatic heterocycles. The maximum Gasteiger partial charge on any atom is 0.143 e. The van der Waals surface area contributed by atoms with Crippen molar-refractivity contribution in [1.29, 1.82) is 0 Å². The van der Waals surface area contributed by atoms with E-state index >= 15 is 0 Å². The molecule has 0 amide bonds. The Bertz CT molecular complexity index is 1570. The first-order chi connectivity index (χ1) is 14.5. The number of benzene rings is 4. The van der Waals surface area contributed by atoms with Gasteiger partial charge in [-0.3, -0.25) is 0 Å². The minimum absolute atomic E-state index is 0.00161. The molecule has 2 nitrogen and oxygen atoms in total. The lowest BCUT2D eigenvalue weighted by atomic mass is 10.00. The SMILES string of the molecule is CC(C)(C)n1c2ccccc2c2cc(-c3cccc4c3oc3ccccc34)ccc21. The lowest BCUT2D eigenvalue weighted by Crippen LogP contribution is -2.21. The van der Waals surface area contributed by atoms with Gasteiger partial charge in [-0.1, -0.05) is 60.7 Å². The third-order valence-corrected chi connectivity index (χ3v) is 6.06. The van der Waals surface area contributed by atoms with Gasteiger partial charge >= 0.3 is 0 Å². The van der Waals surface area contributed by atoms with Crippen molar-refractivity contribution in [3.63, 3.8) is 0 Å². The molecule has 4 aromatic carbocycles. The number of hydrogen-bond acceptors (Lipinski definition) is 1. The first kappa shape index (κ1) is 17.3. The second-order valence-corrected chi connectivity index (χ2v) is 9.04. The van der Waals surface area contributed by atoms with E-state index in [9.17, 15) is 0 Å². The number of rotatable bonds is 1. The molecular formula is C28H23NO. The van der Waals surface area contributed by atoms with Crippen LogP contribution in [0.15, 0.2) is 89.3 Å². The van der Waals surface area contributed by atoms with E-state index in [0.29, 0.717) is 0 Å². The fraction of sp³-hybridized carbons (Fsp3) is 0.143. The van der Waals surface area contributed by atoms with Crippen LogP contribution in [-0.4, -0.2) is 4.57 Å². The first-order valence-electron chi connectivity index (χ1n) is 10.5. The fourth-order valence-electron chi connectivity index (χ4n) is 4.84. The summed E-state index contributed by atoms with van der Waals surface area (Å²) in [7, 11) is 0. The highest BCUT2D eigenvalue weighted by atomic mass is 16.3. The Kier molecular flexibility index (Phi) is 3.47. The van der Waals surface area contributed by atoms with E-state index in [1.807, 2.05) is 12.1 Å². The van der Waals surface area contributed by atoms with Crippen LogP contribution in [0.4, 0.5) is 0 Å². The van der Waals surface area contributed by atoms with Gasteiger partial charge in [0.1, 0.15) is 11.2 Å². The van der Waals surface area contributed by atoms with E-state index in [4.69, 9.17) is 4.42 Å². The molecule has 0 unspecified atom stereocenters. The second-order valence-electron chi connectivity index (χ2n) is 9.04. The molecule has 0 bridgehead atoms. The van der Waals surface area contributed by atoms with Gasteiger partial charge in [0.15, 0.2) is 0 Å². The van der Waals surface area contributed by atoms with Gasteiger partial charge in [0.05, 0.1) is 0 Å². The highest BCUT2D eigenvalue weighted by molar-refractivity contribution is 6.12. The standard InChI is InChI=1S/C28H23NO/c1-28(2,3)29-24-13-6-4-9-20(24)23-17-18(15-16-25(23)29)19-11-8-12-22-21-10-5-7-14-26(21)30-27(19)22/h4-17H,1-3H3. The van der Waals surface area contributed by atoms with Crippen molar-refractivity contribution in [1.82, 2.24) is 4.57 Å². The zero-order chi connectivity index (χ0) is 20.5. The number of furan rings is 1. The fourth-order valence-corrected chi connectivity index (χ4v) is 4.84. The molecule has 6 rings (SSSR count). The topological polar surface area (TPSA) is 18.1 Å². The maximum atomic E-state index is 6.29. The van der Waals surface area contributed by atoms with E-state index in [1.54, 1.807) is 0 Å². The van der Waals surface area contributed by atoms with Crippen molar-refractivity contribution in [2.45, 2.75) is 26.3 Å². The average molecular weight is 389 g/mol. The minimum atomic E-state index is 0.00161. The van der Waals surface area contributed by atoms with Crippen molar-refractivity contribution >= 4 is 43.7 Å². The van der Waals surface area contributed by atoms with Crippen LogP contribution in [0, 0.1) is 0 Å². The summed E-state index contributed by atoms with van der Waals surface area (Å²) >= 11 is 0. The summed E-state index contributed by atoms with van der Waals surface area (Å²) in [6.07, 6.45) is 0. The summed E-state index contributed by atoms with van der Waals surface area (Å²) < 4.78 is 8.74. The van der Waals surface area contributed by atoms with Gasteiger partial charge in [0, 0.05) is 43.7 Å². The monoisotopic (exact) mass is 389 g/mol.